The SMILES string of the molecule is CN=CC(=CN)c1cc(-c2cc3c(c(C4CCCN4)c2)CN(C)CC3)cnc1N. The number of hydrogen-bond donors (Lipinski definition) is 3. The van der Waals surface area contributed by atoms with Gasteiger partial charge in [-0.3, -0.25) is 4.99 Å². The summed E-state index contributed by atoms with van der Waals surface area (Å²) in [5, 5.41) is 3.68. The van der Waals surface area contributed by atoms with Crippen molar-refractivity contribution in [1.29, 1.82) is 0 Å². The lowest BCUT2D eigenvalue weighted by Crippen LogP contribution is -2.29. The Hall–Kier alpha value is -2.70. The summed E-state index contributed by atoms with van der Waals surface area (Å²) in [4.78, 5) is 11.0. The van der Waals surface area contributed by atoms with Crippen molar-refractivity contribution in [3.05, 3.63) is 52.8 Å². The zero-order valence-electron chi connectivity index (χ0n) is 17.3. The van der Waals surface area contributed by atoms with Gasteiger partial charge < -0.3 is 21.7 Å². The zero-order chi connectivity index (χ0) is 20.4. The van der Waals surface area contributed by atoms with Crippen LogP contribution in [0.4, 0.5) is 5.82 Å². The molecule has 3 heterocycles. The molecule has 1 atom stereocenters. The van der Waals surface area contributed by atoms with Gasteiger partial charge in [0.15, 0.2) is 0 Å². The van der Waals surface area contributed by atoms with Gasteiger partial charge in [-0.2, -0.15) is 0 Å². The molecule has 1 saturated heterocycles. The van der Waals surface area contributed by atoms with Crippen molar-refractivity contribution in [2.24, 2.45) is 10.7 Å². The largest absolute Gasteiger partial charge is 0.404 e. The van der Waals surface area contributed by atoms with E-state index in [4.69, 9.17) is 11.5 Å². The second-order valence-corrected chi connectivity index (χ2v) is 8.01. The molecule has 0 amide bonds. The predicted octanol–water partition coefficient (Wildman–Crippen LogP) is 2.74. The molecule has 152 valence electrons. The summed E-state index contributed by atoms with van der Waals surface area (Å²) < 4.78 is 0. The molecule has 0 aliphatic carbocycles. The van der Waals surface area contributed by atoms with Crippen molar-refractivity contribution in [3.63, 3.8) is 0 Å². The molecular weight excluding hydrogens is 360 g/mol. The first kappa shape index (κ1) is 19.6. The standard InChI is InChI=1S/C23H30N6/c1-26-12-18(11-24)19-10-17(13-28-23(19)25)16-8-15-5-7-29(2)14-21(15)20(9-16)22-4-3-6-27-22/h8-13,22,27H,3-7,14,24H2,1-2H3,(H2,25,28). The highest BCUT2D eigenvalue weighted by molar-refractivity contribution is 6.11. The van der Waals surface area contributed by atoms with Gasteiger partial charge in [0.05, 0.1) is 0 Å². The minimum absolute atomic E-state index is 0.433. The molecule has 4 rings (SSSR count). The van der Waals surface area contributed by atoms with Crippen LogP contribution in [-0.4, -0.2) is 43.3 Å². The number of nitrogens with two attached hydrogens (primary N) is 2. The van der Waals surface area contributed by atoms with Crippen LogP contribution in [0.3, 0.4) is 0 Å². The normalized spacial score (nSPS) is 20.3. The first-order valence-corrected chi connectivity index (χ1v) is 10.3. The summed E-state index contributed by atoms with van der Waals surface area (Å²) in [7, 11) is 3.92. The lowest BCUT2D eigenvalue weighted by molar-refractivity contribution is 0.310. The lowest BCUT2D eigenvalue weighted by Gasteiger charge is -2.30. The molecule has 2 aliphatic heterocycles. The minimum Gasteiger partial charge on any atom is -0.404 e. The van der Waals surface area contributed by atoms with Crippen LogP contribution in [-0.2, 0) is 13.0 Å². The minimum atomic E-state index is 0.433. The third kappa shape index (κ3) is 3.91. The van der Waals surface area contributed by atoms with Gasteiger partial charge in [-0.15, -0.1) is 0 Å². The monoisotopic (exact) mass is 390 g/mol. The van der Waals surface area contributed by atoms with Crippen LogP contribution in [0.5, 0.6) is 0 Å². The molecule has 5 N–H and O–H groups in total. The van der Waals surface area contributed by atoms with Gasteiger partial charge in [0.25, 0.3) is 0 Å². The summed E-state index contributed by atoms with van der Waals surface area (Å²) in [6.45, 7) is 3.20. The average Bonchev–Trinajstić information content (AvgIpc) is 3.26. The maximum atomic E-state index is 6.15. The Labute approximate surface area is 172 Å². The fourth-order valence-electron chi connectivity index (χ4n) is 4.47. The van der Waals surface area contributed by atoms with Gasteiger partial charge in [-0.05, 0) is 67.2 Å². The van der Waals surface area contributed by atoms with Gasteiger partial charge >= 0.3 is 0 Å². The molecule has 2 aliphatic rings. The average molecular weight is 391 g/mol. The van der Waals surface area contributed by atoms with Gasteiger partial charge in [0.1, 0.15) is 5.82 Å². The number of aliphatic imine (C=N–C) groups is 1. The third-order valence-electron chi connectivity index (χ3n) is 6.01. The molecular formula is C23H30N6. The Morgan fingerprint density at radius 1 is 1.31 bits per heavy atom. The molecule has 0 saturated carbocycles. The Morgan fingerprint density at radius 2 is 2.17 bits per heavy atom. The van der Waals surface area contributed by atoms with Gasteiger partial charge in [0, 0.05) is 61.5 Å². The number of likely N-dealkylation sites (N-methyl/N-ethyl adjacent to an activating group) is 1. The van der Waals surface area contributed by atoms with Crippen LogP contribution >= 0.6 is 0 Å². The summed E-state index contributed by atoms with van der Waals surface area (Å²) in [6, 6.07) is 7.18. The van der Waals surface area contributed by atoms with Crippen molar-refractivity contribution < 1.29 is 0 Å². The lowest BCUT2D eigenvalue weighted by atomic mass is 9.87. The summed E-state index contributed by atoms with van der Waals surface area (Å²) >= 11 is 0. The van der Waals surface area contributed by atoms with Crippen molar-refractivity contribution >= 4 is 17.6 Å². The summed E-state index contributed by atoms with van der Waals surface area (Å²) in [5.74, 6) is 0.461. The molecule has 6 nitrogen and oxygen atoms in total. The van der Waals surface area contributed by atoms with E-state index in [1.807, 2.05) is 6.20 Å². The fraction of sp³-hybridized carbons (Fsp3) is 0.391. The van der Waals surface area contributed by atoms with Gasteiger partial charge in [-0.1, -0.05) is 6.07 Å². The smallest absolute Gasteiger partial charge is 0.131 e. The highest BCUT2D eigenvalue weighted by Crippen LogP contribution is 2.36. The van der Waals surface area contributed by atoms with Crippen LogP contribution in [0.15, 0.2) is 35.6 Å². The number of nitrogens with one attached hydrogen (secondary N) is 1. The molecule has 29 heavy (non-hydrogen) atoms. The fourth-order valence-corrected chi connectivity index (χ4v) is 4.47. The van der Waals surface area contributed by atoms with E-state index in [-0.39, 0.29) is 0 Å². The summed E-state index contributed by atoms with van der Waals surface area (Å²) in [6.07, 6.45) is 8.60. The molecule has 0 radical (unpaired) electrons. The number of nitrogen functional groups attached to an aromatic ring is 1. The molecule has 0 spiro atoms. The number of benzene rings is 1. The van der Waals surface area contributed by atoms with Crippen LogP contribution in [0.25, 0.3) is 16.7 Å². The van der Waals surface area contributed by atoms with Gasteiger partial charge in [0.2, 0.25) is 0 Å². The first-order valence-electron chi connectivity index (χ1n) is 10.3. The Kier molecular flexibility index (Phi) is 5.65. The van der Waals surface area contributed by atoms with E-state index in [1.165, 1.54) is 41.3 Å². The molecule has 1 unspecified atom stereocenters. The number of pyridine rings is 1. The van der Waals surface area contributed by atoms with Crippen LogP contribution in [0.2, 0.25) is 0 Å². The summed E-state index contributed by atoms with van der Waals surface area (Å²) in [5.41, 5.74) is 20.2. The highest BCUT2D eigenvalue weighted by atomic mass is 15.1. The maximum Gasteiger partial charge on any atom is 0.131 e. The van der Waals surface area contributed by atoms with Crippen LogP contribution < -0.4 is 16.8 Å². The molecule has 0 bridgehead atoms. The van der Waals surface area contributed by atoms with Crippen molar-refractivity contribution in [2.45, 2.75) is 31.8 Å². The molecule has 1 aromatic carbocycles. The van der Waals surface area contributed by atoms with Crippen LogP contribution in [0, 0.1) is 0 Å². The molecule has 1 fully saturated rings. The maximum absolute atomic E-state index is 6.15. The van der Waals surface area contributed by atoms with Crippen molar-refractivity contribution in [3.8, 4) is 11.1 Å². The Morgan fingerprint density at radius 3 is 2.90 bits per heavy atom. The number of allylic oxidation sites excluding steroid dienone is 1. The van der Waals surface area contributed by atoms with E-state index in [9.17, 15) is 0 Å². The molecule has 1 aromatic heterocycles. The van der Waals surface area contributed by atoms with E-state index in [0.717, 1.165) is 42.8 Å². The molecule has 2 aromatic rings. The zero-order valence-corrected chi connectivity index (χ0v) is 17.3. The number of fused-ring (bicyclic) bond motifs is 1. The number of nitrogens with zero attached hydrogens (tertiary/aromatic N) is 3. The predicted molar refractivity (Wildman–Crippen MR) is 121 cm³/mol. The number of hydrogen-bond acceptors (Lipinski definition) is 6. The van der Waals surface area contributed by atoms with E-state index >= 15 is 0 Å². The third-order valence-corrected chi connectivity index (χ3v) is 6.01. The van der Waals surface area contributed by atoms with E-state index < -0.39 is 0 Å². The van der Waals surface area contributed by atoms with Crippen LogP contribution in [0.1, 0.15) is 41.1 Å². The number of aromatic nitrogens is 1. The Balaban J connectivity index is 1.82. The molecule has 6 heteroatoms. The highest BCUT2D eigenvalue weighted by Gasteiger charge is 2.25. The second-order valence-electron chi connectivity index (χ2n) is 8.01. The van der Waals surface area contributed by atoms with E-state index in [0.29, 0.717) is 11.9 Å². The van der Waals surface area contributed by atoms with Crippen molar-refractivity contribution in [2.75, 3.05) is 32.9 Å². The van der Waals surface area contributed by atoms with E-state index in [2.05, 4.69) is 45.4 Å². The topological polar surface area (TPSA) is 92.6 Å². The first-order chi connectivity index (χ1) is 14.1. The number of anilines is 1. The van der Waals surface area contributed by atoms with E-state index in [1.54, 1.807) is 13.3 Å². The van der Waals surface area contributed by atoms with Gasteiger partial charge in [-0.25, -0.2) is 4.98 Å². The Bertz CT molecular complexity index is 956. The van der Waals surface area contributed by atoms with Crippen molar-refractivity contribution in [1.82, 2.24) is 15.2 Å². The quantitative estimate of drug-likeness (QED) is 0.698. The second kappa shape index (κ2) is 8.35. The number of rotatable bonds is 4.